The third kappa shape index (κ3) is 3.30. The van der Waals surface area contributed by atoms with Crippen molar-refractivity contribution >= 4 is 0 Å². The van der Waals surface area contributed by atoms with E-state index in [0.717, 1.165) is 6.42 Å². The lowest BCUT2D eigenvalue weighted by Gasteiger charge is -1.65. The molecule has 0 aliphatic rings. The van der Waals surface area contributed by atoms with Gasteiger partial charge in [0.2, 0.25) is 0 Å². The van der Waals surface area contributed by atoms with Crippen LogP contribution in [0.15, 0.2) is 12.2 Å². The van der Waals surface area contributed by atoms with Crippen molar-refractivity contribution in [2.75, 3.05) is 0 Å². The maximum atomic E-state index is 6.37. The molecule has 0 aliphatic carbocycles. The van der Waals surface area contributed by atoms with Gasteiger partial charge >= 0.3 is 0 Å². The molecule has 0 atom stereocenters. The Hall–Kier alpha value is -0.700. The molecular weight excluding hydrogens is 72.1 g/mol. The van der Waals surface area contributed by atoms with Crippen LogP contribution >= 0.6 is 0 Å². The van der Waals surface area contributed by atoms with Crippen molar-refractivity contribution in [1.82, 2.24) is 0 Å². The standard InChI is InChI=1S/C6H7/c1-3-5-6-4-2/h5-6H,3H2,1H3. The van der Waals surface area contributed by atoms with Crippen LogP contribution in [0.4, 0.5) is 0 Å². The van der Waals surface area contributed by atoms with Crippen LogP contribution in [0.3, 0.4) is 0 Å². The van der Waals surface area contributed by atoms with Crippen molar-refractivity contribution in [3.63, 3.8) is 0 Å². The van der Waals surface area contributed by atoms with Gasteiger partial charge in [0.15, 0.2) is 0 Å². The molecular formula is C6H7. The number of allylic oxidation sites excluding steroid dienone is 2. The lowest BCUT2D eigenvalue weighted by Crippen LogP contribution is -1.46. The van der Waals surface area contributed by atoms with Crippen LogP contribution in [0, 0.1) is 12.3 Å². The summed E-state index contributed by atoms with van der Waals surface area (Å²) in [5, 5.41) is 0. The minimum absolute atomic E-state index is 0.992. The molecule has 0 heterocycles. The van der Waals surface area contributed by atoms with E-state index in [-0.39, 0.29) is 0 Å². The van der Waals surface area contributed by atoms with Crippen LogP contribution in [0.1, 0.15) is 13.3 Å². The fraction of sp³-hybridized carbons (Fsp3) is 0.333. The molecule has 0 unspecified atom stereocenters. The Bertz CT molecular complexity index is 72.5. The van der Waals surface area contributed by atoms with Gasteiger partial charge in [0.05, 0.1) is 0 Å². The van der Waals surface area contributed by atoms with Crippen molar-refractivity contribution in [2.45, 2.75) is 13.3 Å². The lowest BCUT2D eigenvalue weighted by molar-refractivity contribution is 1.23. The third-order valence-electron chi connectivity index (χ3n) is 0.437. The van der Waals surface area contributed by atoms with Gasteiger partial charge in [0, 0.05) is 0 Å². The highest BCUT2D eigenvalue weighted by Gasteiger charge is 1.55. The molecule has 0 aromatic rings. The molecule has 6 heavy (non-hydrogen) atoms. The highest BCUT2D eigenvalue weighted by molar-refractivity contribution is 5.03. The van der Waals surface area contributed by atoms with Crippen LogP contribution in [0.25, 0.3) is 0 Å². The van der Waals surface area contributed by atoms with Gasteiger partial charge in [-0.3, -0.25) is 0 Å². The quantitative estimate of drug-likeness (QED) is 0.418. The number of hydrogen-bond donors (Lipinski definition) is 0. The molecule has 0 aromatic heterocycles. The molecule has 1 radical (unpaired) electrons. The molecule has 0 N–H and O–H groups in total. The monoisotopic (exact) mass is 79.1 g/mol. The largest absolute Gasteiger partial charge is 0.0764 e. The smallest absolute Gasteiger partial charge is 0.0102 e. The van der Waals surface area contributed by atoms with Crippen molar-refractivity contribution in [1.29, 1.82) is 0 Å². The molecule has 0 aliphatic heterocycles. The first-order chi connectivity index (χ1) is 2.91. The molecule has 31 valence electrons. The Kier molecular flexibility index (Phi) is 3.80. The molecule has 0 rings (SSSR count). The Labute approximate surface area is 38.9 Å². The van der Waals surface area contributed by atoms with E-state index in [1.54, 1.807) is 6.08 Å². The first-order valence-electron chi connectivity index (χ1n) is 1.99. The summed E-state index contributed by atoms with van der Waals surface area (Å²) in [6.07, 6.45) is 10.8. The predicted octanol–water partition coefficient (Wildman–Crippen LogP) is 1.54. The summed E-state index contributed by atoms with van der Waals surface area (Å²) in [5.41, 5.74) is 0. The maximum Gasteiger partial charge on any atom is -0.0102 e. The Balaban J connectivity index is 3.02. The lowest BCUT2D eigenvalue weighted by atomic mass is 10.4. The summed E-state index contributed by atoms with van der Waals surface area (Å²) in [6.45, 7) is 2.02. The predicted molar refractivity (Wildman–Crippen MR) is 26.6 cm³/mol. The van der Waals surface area contributed by atoms with Crippen LogP contribution in [-0.4, -0.2) is 0 Å². The van der Waals surface area contributed by atoms with E-state index in [2.05, 4.69) is 5.92 Å². The molecule has 0 saturated carbocycles. The second kappa shape index (κ2) is 4.30. The van der Waals surface area contributed by atoms with Gasteiger partial charge in [-0.15, -0.1) is 0 Å². The summed E-state index contributed by atoms with van der Waals surface area (Å²) in [7, 11) is 0. The molecule has 0 bridgehead atoms. The van der Waals surface area contributed by atoms with Gasteiger partial charge in [-0.1, -0.05) is 18.9 Å². The maximum absolute atomic E-state index is 6.37. The number of hydrogen-bond acceptors (Lipinski definition) is 0. The molecule has 0 saturated heterocycles. The zero-order valence-electron chi connectivity index (χ0n) is 3.86. The van der Waals surface area contributed by atoms with Crippen LogP contribution < -0.4 is 0 Å². The Morgan fingerprint density at radius 3 is 2.67 bits per heavy atom. The van der Waals surface area contributed by atoms with Gasteiger partial charge in [-0.25, -0.2) is 0 Å². The third-order valence-corrected chi connectivity index (χ3v) is 0.437. The molecule has 0 nitrogen and oxygen atoms in total. The second-order valence-electron chi connectivity index (χ2n) is 0.955. The van der Waals surface area contributed by atoms with Gasteiger partial charge < -0.3 is 0 Å². The first kappa shape index (κ1) is 5.30. The summed E-state index contributed by atoms with van der Waals surface area (Å²) < 4.78 is 0. The van der Waals surface area contributed by atoms with Crippen LogP contribution in [0.2, 0.25) is 0 Å². The van der Waals surface area contributed by atoms with Gasteiger partial charge in [-0.05, 0) is 18.9 Å². The van der Waals surface area contributed by atoms with Crippen molar-refractivity contribution in [3.05, 3.63) is 18.6 Å². The highest BCUT2D eigenvalue weighted by atomic mass is 13.6. The zero-order valence-corrected chi connectivity index (χ0v) is 3.86. The topological polar surface area (TPSA) is 0 Å². The second-order valence-corrected chi connectivity index (χ2v) is 0.955. The fourth-order valence-electron chi connectivity index (χ4n) is 0.177. The Morgan fingerprint density at radius 2 is 2.50 bits per heavy atom. The van der Waals surface area contributed by atoms with Gasteiger partial charge in [0.1, 0.15) is 0 Å². The summed E-state index contributed by atoms with van der Waals surface area (Å²) in [6, 6.07) is 0. The van der Waals surface area contributed by atoms with E-state index in [4.69, 9.17) is 6.42 Å². The minimum atomic E-state index is 0.992. The normalized spacial score (nSPS) is 8.67. The molecule has 0 amide bonds. The molecule has 0 heteroatoms. The van der Waals surface area contributed by atoms with Crippen molar-refractivity contribution in [3.8, 4) is 5.92 Å². The van der Waals surface area contributed by atoms with Gasteiger partial charge in [-0.2, -0.15) is 0 Å². The van der Waals surface area contributed by atoms with E-state index >= 15 is 0 Å². The number of rotatable bonds is 1. The van der Waals surface area contributed by atoms with E-state index < -0.39 is 0 Å². The van der Waals surface area contributed by atoms with E-state index in [0.29, 0.717) is 0 Å². The van der Waals surface area contributed by atoms with Crippen molar-refractivity contribution < 1.29 is 0 Å². The van der Waals surface area contributed by atoms with Gasteiger partial charge in [0.25, 0.3) is 0 Å². The fourth-order valence-corrected chi connectivity index (χ4v) is 0.177. The minimum Gasteiger partial charge on any atom is -0.0764 e. The molecule has 0 aromatic carbocycles. The highest BCUT2D eigenvalue weighted by Crippen LogP contribution is 1.74. The zero-order chi connectivity index (χ0) is 4.83. The average molecular weight is 79.1 g/mol. The van der Waals surface area contributed by atoms with E-state index in [1.807, 2.05) is 13.0 Å². The van der Waals surface area contributed by atoms with Crippen LogP contribution in [-0.2, 0) is 0 Å². The average Bonchev–Trinajstić information content (AvgIpc) is 1.61. The van der Waals surface area contributed by atoms with E-state index in [1.165, 1.54) is 0 Å². The van der Waals surface area contributed by atoms with Crippen molar-refractivity contribution in [2.24, 2.45) is 0 Å². The SMILES string of the molecule is [C]#CC=CCC. The summed E-state index contributed by atoms with van der Waals surface area (Å²) in [5.74, 6) is 2.14. The summed E-state index contributed by atoms with van der Waals surface area (Å²) in [4.78, 5) is 0. The molecule has 0 spiro atoms. The van der Waals surface area contributed by atoms with E-state index in [9.17, 15) is 0 Å². The Morgan fingerprint density at radius 1 is 1.83 bits per heavy atom. The van der Waals surface area contributed by atoms with Crippen LogP contribution in [0.5, 0.6) is 0 Å². The summed E-state index contributed by atoms with van der Waals surface area (Å²) >= 11 is 0. The first-order valence-corrected chi connectivity index (χ1v) is 1.99. The molecule has 0 fully saturated rings.